The number of carbonyl (C=O) groups is 1. The van der Waals surface area contributed by atoms with Gasteiger partial charge in [0, 0.05) is 23.7 Å². The third-order valence-electron chi connectivity index (χ3n) is 4.50. The zero-order chi connectivity index (χ0) is 22.5. The van der Waals surface area contributed by atoms with Crippen molar-refractivity contribution in [2.45, 2.75) is 30.4 Å². The molecule has 2 aromatic carbocycles. The van der Waals surface area contributed by atoms with Gasteiger partial charge in [0.15, 0.2) is 9.47 Å². The lowest BCUT2D eigenvalue weighted by Crippen LogP contribution is -2.23. The molecular formula is C22H20FN5OS3. The van der Waals surface area contributed by atoms with E-state index in [1.165, 1.54) is 46.6 Å². The molecule has 10 heteroatoms. The van der Waals surface area contributed by atoms with E-state index in [1.807, 2.05) is 29.6 Å². The summed E-state index contributed by atoms with van der Waals surface area (Å²) in [5, 5.41) is 14.7. The van der Waals surface area contributed by atoms with Crippen molar-refractivity contribution in [1.29, 1.82) is 0 Å². The molecule has 0 atom stereocenters. The number of hydrogen-bond acceptors (Lipinski definition) is 8. The van der Waals surface area contributed by atoms with Crippen LogP contribution in [-0.4, -0.2) is 21.1 Å². The van der Waals surface area contributed by atoms with E-state index in [-0.39, 0.29) is 11.7 Å². The molecule has 2 aromatic heterocycles. The first-order valence-corrected chi connectivity index (χ1v) is 12.5. The van der Waals surface area contributed by atoms with Crippen LogP contribution in [0.1, 0.15) is 25.1 Å². The first kappa shape index (κ1) is 22.4. The van der Waals surface area contributed by atoms with E-state index in [4.69, 9.17) is 0 Å². The lowest BCUT2D eigenvalue weighted by molar-refractivity contribution is -0.115. The Morgan fingerprint density at radius 1 is 1.16 bits per heavy atom. The van der Waals surface area contributed by atoms with Gasteiger partial charge in [0.1, 0.15) is 5.82 Å². The average molecular weight is 486 g/mol. The number of amides is 1. The third-order valence-corrected chi connectivity index (χ3v) is 7.38. The number of halogens is 1. The third kappa shape index (κ3) is 5.32. The van der Waals surface area contributed by atoms with Crippen LogP contribution in [0.4, 0.5) is 26.0 Å². The number of aromatic nitrogens is 3. The molecule has 6 nitrogen and oxygen atoms in total. The van der Waals surface area contributed by atoms with Gasteiger partial charge in [0.2, 0.25) is 11.0 Å². The van der Waals surface area contributed by atoms with Gasteiger partial charge in [0.25, 0.3) is 0 Å². The highest BCUT2D eigenvalue weighted by Crippen LogP contribution is 2.34. The maximum atomic E-state index is 13.0. The Morgan fingerprint density at radius 2 is 1.94 bits per heavy atom. The maximum Gasteiger partial charge on any atom is 0.230 e. The van der Waals surface area contributed by atoms with Crippen LogP contribution in [0.5, 0.6) is 0 Å². The van der Waals surface area contributed by atoms with Crippen molar-refractivity contribution in [3.05, 3.63) is 71.0 Å². The predicted octanol–water partition coefficient (Wildman–Crippen LogP) is 6.42. The van der Waals surface area contributed by atoms with Crippen LogP contribution in [0.3, 0.4) is 0 Å². The Morgan fingerprint density at radius 3 is 2.69 bits per heavy atom. The first-order valence-electron chi connectivity index (χ1n) is 9.85. The molecule has 0 spiro atoms. The number of carbonyl (C=O) groups excluding carboxylic acids is 1. The molecule has 0 unspecified atom stereocenters. The minimum atomic E-state index is -0.284. The van der Waals surface area contributed by atoms with Crippen molar-refractivity contribution in [3.8, 4) is 0 Å². The van der Waals surface area contributed by atoms with Crippen molar-refractivity contribution in [2.24, 2.45) is 0 Å². The number of aryl methyl sites for hydroxylation is 1. The number of rotatable bonds is 8. The molecule has 1 N–H and O–H groups in total. The largest absolute Gasteiger partial charge is 0.330 e. The van der Waals surface area contributed by atoms with Gasteiger partial charge in [-0.3, -0.25) is 9.69 Å². The molecule has 0 bridgehead atoms. The Kier molecular flexibility index (Phi) is 7.13. The number of hydrogen-bond donors (Lipinski definition) is 1. The second kappa shape index (κ2) is 10.2. The summed E-state index contributed by atoms with van der Waals surface area (Å²) in [6.07, 6.45) is 0.833. The standard InChI is InChI=1S/C22H20FN5OS3/c1-3-15-6-4-5-7-19(15)28(14(2)29)21-25-18(12-30-21)13-31-22-27-26-20(32-22)24-17-10-8-16(23)9-11-17/h4-12H,3,13H2,1-2H3,(H,24,26). The van der Waals surface area contributed by atoms with Gasteiger partial charge < -0.3 is 5.32 Å². The zero-order valence-electron chi connectivity index (χ0n) is 17.4. The Labute approximate surface area is 197 Å². The van der Waals surface area contributed by atoms with E-state index in [1.54, 1.807) is 24.0 Å². The van der Waals surface area contributed by atoms with Crippen molar-refractivity contribution >= 4 is 62.0 Å². The molecule has 32 heavy (non-hydrogen) atoms. The van der Waals surface area contributed by atoms with Crippen LogP contribution in [-0.2, 0) is 17.0 Å². The average Bonchev–Trinajstić information content (AvgIpc) is 3.44. The molecule has 0 radical (unpaired) electrons. The van der Waals surface area contributed by atoms with Crippen molar-refractivity contribution < 1.29 is 9.18 Å². The van der Waals surface area contributed by atoms with Gasteiger partial charge >= 0.3 is 0 Å². The molecule has 0 aliphatic heterocycles. The summed E-state index contributed by atoms with van der Waals surface area (Å²) in [5.74, 6) is 0.261. The van der Waals surface area contributed by atoms with E-state index >= 15 is 0 Å². The molecule has 2 heterocycles. The van der Waals surface area contributed by atoms with Crippen LogP contribution in [0.2, 0.25) is 0 Å². The van der Waals surface area contributed by atoms with Crippen molar-refractivity contribution in [1.82, 2.24) is 15.2 Å². The first-order chi connectivity index (χ1) is 15.5. The molecule has 0 aliphatic rings. The highest BCUT2D eigenvalue weighted by Gasteiger charge is 2.20. The highest BCUT2D eigenvalue weighted by molar-refractivity contribution is 8.00. The summed E-state index contributed by atoms with van der Waals surface area (Å²) in [6, 6.07) is 14.0. The van der Waals surface area contributed by atoms with Crippen LogP contribution < -0.4 is 10.2 Å². The minimum absolute atomic E-state index is 0.0694. The Bertz CT molecular complexity index is 1210. The summed E-state index contributed by atoms with van der Waals surface area (Å²) in [5.41, 5.74) is 3.60. The van der Waals surface area contributed by atoms with Gasteiger partial charge in [-0.2, -0.15) is 0 Å². The highest BCUT2D eigenvalue weighted by atomic mass is 32.2. The maximum absolute atomic E-state index is 13.0. The SMILES string of the molecule is CCc1ccccc1N(C(C)=O)c1nc(CSc2nnc(Nc3ccc(F)cc3)s2)cs1. The Balaban J connectivity index is 1.42. The second-order valence-electron chi connectivity index (χ2n) is 6.75. The number of thioether (sulfide) groups is 1. The van der Waals surface area contributed by atoms with Gasteiger partial charge in [-0.05, 0) is 42.3 Å². The zero-order valence-corrected chi connectivity index (χ0v) is 19.9. The van der Waals surface area contributed by atoms with Crippen molar-refractivity contribution in [2.75, 3.05) is 10.2 Å². The summed E-state index contributed by atoms with van der Waals surface area (Å²) < 4.78 is 13.8. The van der Waals surface area contributed by atoms with E-state index in [0.29, 0.717) is 16.0 Å². The van der Waals surface area contributed by atoms with Crippen LogP contribution in [0.25, 0.3) is 0 Å². The fourth-order valence-electron chi connectivity index (χ4n) is 3.01. The van der Waals surface area contributed by atoms with Gasteiger partial charge in [-0.1, -0.05) is 48.2 Å². The number of para-hydroxylation sites is 1. The van der Waals surface area contributed by atoms with E-state index < -0.39 is 0 Å². The van der Waals surface area contributed by atoms with Gasteiger partial charge in [-0.15, -0.1) is 21.5 Å². The normalized spacial score (nSPS) is 10.8. The van der Waals surface area contributed by atoms with E-state index in [9.17, 15) is 9.18 Å². The van der Waals surface area contributed by atoms with Gasteiger partial charge in [0.05, 0.1) is 11.4 Å². The molecule has 0 saturated carbocycles. The molecule has 1 amide bonds. The number of benzene rings is 2. The molecule has 164 valence electrons. The topological polar surface area (TPSA) is 71.0 Å². The quantitative estimate of drug-likeness (QED) is 0.291. The summed E-state index contributed by atoms with van der Waals surface area (Å²) in [6.45, 7) is 3.63. The summed E-state index contributed by atoms with van der Waals surface area (Å²) in [7, 11) is 0. The second-order valence-corrected chi connectivity index (χ2v) is 9.79. The molecule has 4 rings (SSSR count). The smallest absolute Gasteiger partial charge is 0.230 e. The number of nitrogens with zero attached hydrogens (tertiary/aromatic N) is 4. The van der Waals surface area contributed by atoms with Crippen LogP contribution in [0.15, 0.2) is 58.3 Å². The molecule has 0 aliphatic carbocycles. The lowest BCUT2D eigenvalue weighted by atomic mass is 10.1. The molecule has 0 saturated heterocycles. The monoisotopic (exact) mass is 485 g/mol. The number of thiazole rings is 1. The summed E-state index contributed by atoms with van der Waals surface area (Å²) >= 11 is 4.40. The van der Waals surface area contributed by atoms with Crippen LogP contribution >= 0.6 is 34.4 Å². The van der Waals surface area contributed by atoms with E-state index in [2.05, 4.69) is 27.4 Å². The fraction of sp³-hybridized carbons (Fsp3) is 0.182. The molecule has 4 aromatic rings. The molecular weight excluding hydrogens is 465 g/mol. The Hall–Kier alpha value is -2.82. The fourth-order valence-corrected chi connectivity index (χ4v) is 5.66. The number of nitrogens with one attached hydrogen (secondary N) is 1. The van der Waals surface area contributed by atoms with Crippen molar-refractivity contribution in [3.63, 3.8) is 0 Å². The predicted molar refractivity (Wildman–Crippen MR) is 130 cm³/mol. The van der Waals surface area contributed by atoms with E-state index in [0.717, 1.165) is 33.4 Å². The summed E-state index contributed by atoms with van der Waals surface area (Å²) in [4.78, 5) is 18.8. The molecule has 0 fully saturated rings. The minimum Gasteiger partial charge on any atom is -0.330 e. The van der Waals surface area contributed by atoms with Crippen LogP contribution in [0, 0.1) is 5.82 Å². The lowest BCUT2D eigenvalue weighted by Gasteiger charge is -2.20. The van der Waals surface area contributed by atoms with Gasteiger partial charge in [-0.25, -0.2) is 9.37 Å². The number of anilines is 4.